The zero-order chi connectivity index (χ0) is 36.2. The lowest BCUT2D eigenvalue weighted by molar-refractivity contribution is 0.664. The van der Waals surface area contributed by atoms with Crippen LogP contribution < -0.4 is 0 Å². The highest BCUT2D eigenvalue weighted by Gasteiger charge is 2.28. The lowest BCUT2D eigenvalue weighted by atomic mass is 9.88. The van der Waals surface area contributed by atoms with Gasteiger partial charge in [0.05, 0.1) is 16.8 Å². The van der Waals surface area contributed by atoms with Crippen LogP contribution in [-0.4, -0.2) is 9.55 Å². The van der Waals surface area contributed by atoms with Gasteiger partial charge in [0, 0.05) is 32.3 Å². The number of aromatic nitrogens is 2. The first-order valence-electron chi connectivity index (χ1n) is 18.8. The second-order valence-corrected chi connectivity index (χ2v) is 15.1. The van der Waals surface area contributed by atoms with Crippen LogP contribution >= 0.6 is 0 Å². The molecule has 260 valence electrons. The molecule has 0 unspecified atom stereocenters. The molecule has 0 saturated heterocycles. The van der Waals surface area contributed by atoms with E-state index < -0.39 is 0 Å². The van der Waals surface area contributed by atoms with Crippen molar-refractivity contribution in [2.24, 2.45) is 0 Å². The fraction of sp³-hybridized carbons (Fsp3) is 0.122. The average molecular weight is 701 g/mol. The van der Waals surface area contributed by atoms with E-state index in [1.54, 1.807) is 0 Å². The van der Waals surface area contributed by atoms with Gasteiger partial charge in [0.1, 0.15) is 39.3 Å². The Kier molecular flexibility index (Phi) is 6.57. The molecule has 54 heavy (non-hydrogen) atoms. The van der Waals surface area contributed by atoms with Crippen molar-refractivity contribution in [1.29, 1.82) is 0 Å². The first-order valence-corrected chi connectivity index (χ1v) is 18.8. The van der Waals surface area contributed by atoms with Gasteiger partial charge in [-0.05, 0) is 88.7 Å². The number of para-hydroxylation sites is 3. The van der Waals surface area contributed by atoms with E-state index in [1.807, 2.05) is 30.3 Å². The van der Waals surface area contributed by atoms with Crippen molar-refractivity contribution in [3.8, 4) is 28.2 Å². The Labute approximate surface area is 311 Å². The molecule has 11 rings (SSSR count). The molecule has 0 aliphatic carbocycles. The lowest BCUT2D eigenvalue weighted by Crippen LogP contribution is -2.09. The van der Waals surface area contributed by atoms with Gasteiger partial charge >= 0.3 is 0 Å². The maximum Gasteiger partial charge on any atom is 0.161 e. The molecule has 0 spiro atoms. The summed E-state index contributed by atoms with van der Waals surface area (Å²) in [6.45, 7) is 9.14. The molecule has 0 radical (unpaired) electrons. The highest BCUT2D eigenvalue weighted by atomic mass is 16.3. The van der Waals surface area contributed by atoms with E-state index in [9.17, 15) is 0 Å². The van der Waals surface area contributed by atoms with Crippen molar-refractivity contribution in [1.82, 2.24) is 9.55 Å². The highest BCUT2D eigenvalue weighted by molar-refractivity contribution is 6.18. The number of hydrogen-bond acceptors (Lipinski definition) is 4. The van der Waals surface area contributed by atoms with Crippen LogP contribution in [0.3, 0.4) is 0 Å². The summed E-state index contributed by atoms with van der Waals surface area (Å²) in [5.74, 6) is 1.25. The maximum absolute atomic E-state index is 6.90. The van der Waals surface area contributed by atoms with Crippen LogP contribution in [-0.2, 0) is 0 Å². The van der Waals surface area contributed by atoms with E-state index in [2.05, 4.69) is 135 Å². The van der Waals surface area contributed by atoms with E-state index in [-0.39, 0.29) is 11.8 Å². The zero-order valence-electron chi connectivity index (χ0n) is 30.5. The third kappa shape index (κ3) is 4.42. The summed E-state index contributed by atoms with van der Waals surface area (Å²) in [5, 5.41) is 6.31. The third-order valence-corrected chi connectivity index (χ3v) is 11.1. The molecule has 5 heteroatoms. The zero-order valence-corrected chi connectivity index (χ0v) is 30.5. The third-order valence-electron chi connectivity index (χ3n) is 11.1. The lowest BCUT2D eigenvalue weighted by Gasteiger charge is -2.24. The summed E-state index contributed by atoms with van der Waals surface area (Å²) in [7, 11) is 0. The van der Waals surface area contributed by atoms with Crippen molar-refractivity contribution < 1.29 is 13.3 Å². The largest absolute Gasteiger partial charge is 0.456 e. The fourth-order valence-corrected chi connectivity index (χ4v) is 8.55. The van der Waals surface area contributed by atoms with Crippen molar-refractivity contribution in [3.05, 3.63) is 145 Å². The summed E-state index contributed by atoms with van der Waals surface area (Å²) >= 11 is 0. The van der Waals surface area contributed by atoms with Gasteiger partial charge in [0.2, 0.25) is 0 Å². The minimum absolute atomic E-state index is 0.216. The number of hydrogen-bond donors (Lipinski definition) is 0. The normalized spacial score (nSPS) is 12.4. The standard InChI is InChI=1S/C49H36N2O3/c1-27(2)36-23-30(29-13-6-5-7-14-29)24-37(28(3)4)45(36)51-46-40(22-21-34-31-15-8-11-20-42(31)53-48(34)46)50-49(51)35-18-12-17-33-39-26-43-38(25-44(39)54-47(33)35)32-16-9-10-19-41(32)52-43/h5-28H,1-4H3. The van der Waals surface area contributed by atoms with Gasteiger partial charge in [-0.15, -0.1) is 0 Å². The summed E-state index contributed by atoms with van der Waals surface area (Å²) in [6.07, 6.45) is 0. The van der Waals surface area contributed by atoms with Crippen LogP contribution in [0.5, 0.6) is 0 Å². The Morgan fingerprint density at radius 1 is 0.463 bits per heavy atom. The SMILES string of the molecule is CC(C)c1cc(-c2ccccc2)cc(C(C)C)c1-n1c(-c2cccc3c2oc2cc4c(cc23)oc2ccccc24)nc2ccc3c4ccccc4oc3c21. The minimum Gasteiger partial charge on any atom is -0.456 e. The van der Waals surface area contributed by atoms with Crippen molar-refractivity contribution in [2.45, 2.75) is 39.5 Å². The van der Waals surface area contributed by atoms with Gasteiger partial charge in [0.25, 0.3) is 0 Å². The number of rotatable bonds is 5. The van der Waals surface area contributed by atoms with Gasteiger partial charge in [-0.25, -0.2) is 4.98 Å². The monoisotopic (exact) mass is 700 g/mol. The number of imidazole rings is 1. The molecule has 11 aromatic rings. The van der Waals surface area contributed by atoms with E-state index in [0.29, 0.717) is 0 Å². The molecular formula is C49H36N2O3. The van der Waals surface area contributed by atoms with E-state index >= 15 is 0 Å². The fourth-order valence-electron chi connectivity index (χ4n) is 8.55. The second kappa shape index (κ2) is 11.5. The van der Waals surface area contributed by atoms with Crippen LogP contribution in [0.1, 0.15) is 50.7 Å². The van der Waals surface area contributed by atoms with Crippen LogP contribution in [0.4, 0.5) is 0 Å². The molecule has 5 nitrogen and oxygen atoms in total. The first-order chi connectivity index (χ1) is 26.4. The average Bonchev–Trinajstić information content (AvgIpc) is 3.96. The second-order valence-electron chi connectivity index (χ2n) is 15.1. The molecule has 0 aliphatic rings. The Morgan fingerprint density at radius 3 is 1.76 bits per heavy atom. The molecule has 0 aliphatic heterocycles. The maximum atomic E-state index is 6.90. The number of benzene rings is 7. The molecule has 0 bridgehead atoms. The highest BCUT2D eigenvalue weighted by Crippen LogP contribution is 2.45. The Balaban J connectivity index is 1.27. The quantitative estimate of drug-likeness (QED) is 0.179. The molecule has 0 amide bonds. The van der Waals surface area contributed by atoms with Crippen LogP contribution in [0, 0.1) is 0 Å². The number of fused-ring (bicyclic) bond motifs is 11. The van der Waals surface area contributed by atoms with E-state index in [1.165, 1.54) is 22.3 Å². The summed E-state index contributed by atoms with van der Waals surface area (Å²) < 4.78 is 22.4. The molecule has 4 aromatic heterocycles. The minimum atomic E-state index is 0.216. The Bertz CT molecular complexity index is 3250. The van der Waals surface area contributed by atoms with Crippen molar-refractivity contribution >= 4 is 76.8 Å². The number of nitrogens with zero attached hydrogens (tertiary/aromatic N) is 2. The molecule has 0 atom stereocenters. The van der Waals surface area contributed by atoms with Crippen molar-refractivity contribution in [2.75, 3.05) is 0 Å². The van der Waals surface area contributed by atoms with Crippen LogP contribution in [0.25, 0.3) is 105 Å². The van der Waals surface area contributed by atoms with Gasteiger partial charge < -0.3 is 13.3 Å². The van der Waals surface area contributed by atoms with Crippen LogP contribution in [0.2, 0.25) is 0 Å². The topological polar surface area (TPSA) is 57.2 Å². The Morgan fingerprint density at radius 2 is 1.04 bits per heavy atom. The first kappa shape index (κ1) is 31.0. The Hall–Kier alpha value is -6.59. The molecule has 0 fully saturated rings. The van der Waals surface area contributed by atoms with Gasteiger partial charge in [0.15, 0.2) is 5.58 Å². The predicted molar refractivity (Wildman–Crippen MR) is 222 cm³/mol. The molecule has 0 saturated carbocycles. The summed E-state index contributed by atoms with van der Waals surface area (Å²) in [5.41, 5.74) is 13.8. The molecule has 7 aromatic carbocycles. The van der Waals surface area contributed by atoms with Gasteiger partial charge in [-0.1, -0.05) is 107 Å². The number of furan rings is 3. The molecule has 4 heterocycles. The van der Waals surface area contributed by atoms with Gasteiger partial charge in [-0.3, -0.25) is 4.57 Å². The van der Waals surface area contributed by atoms with Crippen molar-refractivity contribution in [3.63, 3.8) is 0 Å². The predicted octanol–water partition coefficient (Wildman–Crippen LogP) is 14.3. The smallest absolute Gasteiger partial charge is 0.161 e. The van der Waals surface area contributed by atoms with E-state index in [4.69, 9.17) is 18.2 Å². The van der Waals surface area contributed by atoms with E-state index in [0.717, 1.165) is 93.9 Å². The summed E-state index contributed by atoms with van der Waals surface area (Å²) in [6, 6.07) is 46.8. The molecule has 0 N–H and O–H groups in total. The summed E-state index contributed by atoms with van der Waals surface area (Å²) in [4.78, 5) is 5.49. The van der Waals surface area contributed by atoms with Crippen LogP contribution in [0.15, 0.2) is 147 Å². The molecular weight excluding hydrogens is 665 g/mol. The van der Waals surface area contributed by atoms with Gasteiger partial charge in [-0.2, -0.15) is 0 Å².